The second-order valence-corrected chi connectivity index (χ2v) is 3.14. The lowest BCUT2D eigenvalue weighted by molar-refractivity contribution is -0.297. The SMILES string of the molecule is O=C([O-])C=CC(=O)NC1CCCC1. The molecule has 1 saturated carbocycles. The molecule has 0 radical (unpaired) electrons. The molecule has 0 atom stereocenters. The number of amides is 1. The summed E-state index contributed by atoms with van der Waals surface area (Å²) in [5, 5.41) is 12.7. The highest BCUT2D eigenvalue weighted by Gasteiger charge is 2.15. The summed E-state index contributed by atoms with van der Waals surface area (Å²) in [6.45, 7) is 0. The van der Waals surface area contributed by atoms with Crippen LogP contribution in [0.3, 0.4) is 0 Å². The van der Waals surface area contributed by atoms with Gasteiger partial charge in [0, 0.05) is 12.1 Å². The van der Waals surface area contributed by atoms with E-state index in [0.717, 1.165) is 37.8 Å². The molecular formula is C9H12NO3-. The van der Waals surface area contributed by atoms with Gasteiger partial charge in [-0.1, -0.05) is 12.8 Å². The molecule has 1 aliphatic rings. The third-order valence-corrected chi connectivity index (χ3v) is 2.07. The maximum Gasteiger partial charge on any atom is 0.244 e. The van der Waals surface area contributed by atoms with E-state index in [2.05, 4.69) is 5.32 Å². The van der Waals surface area contributed by atoms with Crippen LogP contribution in [0.1, 0.15) is 25.7 Å². The van der Waals surface area contributed by atoms with Crippen molar-refractivity contribution in [2.75, 3.05) is 0 Å². The maximum absolute atomic E-state index is 11.0. The Morgan fingerprint density at radius 1 is 1.23 bits per heavy atom. The number of nitrogens with one attached hydrogen (secondary N) is 1. The smallest absolute Gasteiger partial charge is 0.244 e. The van der Waals surface area contributed by atoms with Crippen molar-refractivity contribution in [3.05, 3.63) is 12.2 Å². The highest BCUT2D eigenvalue weighted by Crippen LogP contribution is 2.17. The Bertz CT molecular complexity index is 229. The monoisotopic (exact) mass is 182 g/mol. The molecule has 4 heteroatoms. The van der Waals surface area contributed by atoms with Crippen LogP contribution in [0.15, 0.2) is 12.2 Å². The van der Waals surface area contributed by atoms with E-state index in [1.807, 2.05) is 0 Å². The van der Waals surface area contributed by atoms with E-state index >= 15 is 0 Å². The summed E-state index contributed by atoms with van der Waals surface area (Å²) in [4.78, 5) is 21.0. The van der Waals surface area contributed by atoms with Crippen LogP contribution in [0.5, 0.6) is 0 Å². The number of carboxylic acids is 1. The van der Waals surface area contributed by atoms with Crippen molar-refractivity contribution >= 4 is 11.9 Å². The molecule has 0 bridgehead atoms. The first kappa shape index (κ1) is 9.77. The lowest BCUT2D eigenvalue weighted by atomic mass is 10.2. The third kappa shape index (κ3) is 3.73. The number of hydrogen-bond donors (Lipinski definition) is 1. The van der Waals surface area contributed by atoms with Crippen molar-refractivity contribution in [3.63, 3.8) is 0 Å². The summed E-state index contributed by atoms with van der Waals surface area (Å²) in [6, 6.07) is 0.221. The van der Waals surface area contributed by atoms with Crippen LogP contribution in [0.2, 0.25) is 0 Å². The Balaban J connectivity index is 2.28. The van der Waals surface area contributed by atoms with Gasteiger partial charge in [0.2, 0.25) is 5.91 Å². The molecule has 1 aliphatic carbocycles. The van der Waals surface area contributed by atoms with E-state index < -0.39 is 5.97 Å². The van der Waals surface area contributed by atoms with Gasteiger partial charge in [0.1, 0.15) is 0 Å². The first-order valence-corrected chi connectivity index (χ1v) is 4.38. The van der Waals surface area contributed by atoms with Crippen molar-refractivity contribution in [1.82, 2.24) is 5.32 Å². The quantitative estimate of drug-likeness (QED) is 0.590. The van der Waals surface area contributed by atoms with Crippen LogP contribution < -0.4 is 10.4 Å². The van der Waals surface area contributed by atoms with Gasteiger partial charge in [-0.25, -0.2) is 0 Å². The molecular weight excluding hydrogens is 170 g/mol. The molecule has 0 aliphatic heterocycles. The van der Waals surface area contributed by atoms with Gasteiger partial charge >= 0.3 is 0 Å². The lowest BCUT2D eigenvalue weighted by Crippen LogP contribution is -2.31. The minimum Gasteiger partial charge on any atom is -0.545 e. The normalized spacial score (nSPS) is 17.8. The zero-order chi connectivity index (χ0) is 9.68. The van der Waals surface area contributed by atoms with E-state index in [0.29, 0.717) is 0 Å². The van der Waals surface area contributed by atoms with E-state index in [9.17, 15) is 14.7 Å². The molecule has 0 aromatic heterocycles. The van der Waals surface area contributed by atoms with Gasteiger partial charge in [-0.2, -0.15) is 0 Å². The van der Waals surface area contributed by atoms with E-state index in [4.69, 9.17) is 0 Å². The van der Waals surface area contributed by atoms with Crippen LogP contribution in [-0.4, -0.2) is 17.9 Å². The Morgan fingerprint density at radius 2 is 1.85 bits per heavy atom. The van der Waals surface area contributed by atoms with Gasteiger partial charge in [-0.05, 0) is 18.9 Å². The van der Waals surface area contributed by atoms with Crippen molar-refractivity contribution < 1.29 is 14.7 Å². The van der Waals surface area contributed by atoms with Crippen molar-refractivity contribution in [3.8, 4) is 0 Å². The van der Waals surface area contributed by atoms with E-state index in [1.165, 1.54) is 0 Å². The van der Waals surface area contributed by atoms with E-state index in [-0.39, 0.29) is 11.9 Å². The van der Waals surface area contributed by atoms with Gasteiger partial charge in [-0.3, -0.25) is 4.79 Å². The van der Waals surface area contributed by atoms with Crippen molar-refractivity contribution in [2.24, 2.45) is 0 Å². The Hall–Kier alpha value is -1.32. The highest BCUT2D eigenvalue weighted by molar-refractivity contribution is 5.93. The summed E-state index contributed by atoms with van der Waals surface area (Å²) < 4.78 is 0. The molecule has 1 amide bonds. The molecule has 1 fully saturated rings. The summed E-state index contributed by atoms with van der Waals surface area (Å²) in [7, 11) is 0. The minimum atomic E-state index is -1.35. The predicted molar refractivity (Wildman–Crippen MR) is 44.5 cm³/mol. The second kappa shape index (κ2) is 4.64. The highest BCUT2D eigenvalue weighted by atomic mass is 16.4. The second-order valence-electron chi connectivity index (χ2n) is 3.14. The van der Waals surface area contributed by atoms with Gasteiger partial charge in [-0.15, -0.1) is 0 Å². The molecule has 1 N–H and O–H groups in total. The standard InChI is InChI=1S/C9H13NO3/c11-8(5-6-9(12)13)10-7-3-1-2-4-7/h5-7H,1-4H2,(H,10,11)(H,12,13)/p-1. The average molecular weight is 182 g/mol. The van der Waals surface area contributed by atoms with Crippen molar-refractivity contribution in [1.29, 1.82) is 0 Å². The summed E-state index contributed by atoms with van der Waals surface area (Å²) in [5.41, 5.74) is 0. The number of carboxylic acid groups (broad SMARTS) is 1. The van der Waals surface area contributed by atoms with Gasteiger partial charge in [0.15, 0.2) is 0 Å². The summed E-state index contributed by atoms with van der Waals surface area (Å²) in [5.74, 6) is -1.70. The van der Waals surface area contributed by atoms with Crippen LogP contribution in [0.4, 0.5) is 0 Å². The first-order chi connectivity index (χ1) is 6.18. The first-order valence-electron chi connectivity index (χ1n) is 4.38. The lowest BCUT2D eigenvalue weighted by Gasteiger charge is -2.08. The Kier molecular flexibility index (Phi) is 3.49. The molecule has 4 nitrogen and oxygen atoms in total. The van der Waals surface area contributed by atoms with E-state index in [1.54, 1.807) is 0 Å². The third-order valence-electron chi connectivity index (χ3n) is 2.07. The number of carbonyl (C=O) groups is 2. The van der Waals surface area contributed by atoms with Gasteiger partial charge < -0.3 is 15.2 Å². The van der Waals surface area contributed by atoms with Crippen LogP contribution in [0, 0.1) is 0 Å². The van der Waals surface area contributed by atoms with Crippen LogP contribution in [-0.2, 0) is 9.59 Å². The fourth-order valence-electron chi connectivity index (χ4n) is 1.46. The largest absolute Gasteiger partial charge is 0.545 e. The molecule has 0 saturated heterocycles. The summed E-state index contributed by atoms with van der Waals surface area (Å²) in [6.07, 6.45) is 5.98. The maximum atomic E-state index is 11.0. The van der Waals surface area contributed by atoms with Gasteiger partial charge in [0.25, 0.3) is 0 Å². The molecule has 1 rings (SSSR count). The number of hydrogen-bond acceptors (Lipinski definition) is 3. The minimum absolute atomic E-state index is 0.221. The average Bonchev–Trinajstić information content (AvgIpc) is 2.53. The number of rotatable bonds is 3. The molecule has 13 heavy (non-hydrogen) atoms. The zero-order valence-electron chi connectivity index (χ0n) is 7.29. The predicted octanol–water partition coefficient (Wildman–Crippen LogP) is -0.649. The number of aliphatic carboxylic acids is 1. The fraction of sp³-hybridized carbons (Fsp3) is 0.556. The molecule has 0 heterocycles. The topological polar surface area (TPSA) is 69.2 Å². The summed E-state index contributed by atoms with van der Waals surface area (Å²) >= 11 is 0. The molecule has 0 aromatic rings. The number of carbonyl (C=O) groups excluding carboxylic acids is 2. The zero-order valence-corrected chi connectivity index (χ0v) is 7.29. The molecule has 0 unspecified atom stereocenters. The molecule has 0 spiro atoms. The Labute approximate surface area is 76.6 Å². The van der Waals surface area contributed by atoms with Gasteiger partial charge in [0.05, 0.1) is 5.97 Å². The fourth-order valence-corrected chi connectivity index (χ4v) is 1.46. The van der Waals surface area contributed by atoms with Crippen LogP contribution in [0.25, 0.3) is 0 Å². The molecule has 72 valence electrons. The molecule has 0 aromatic carbocycles. The Morgan fingerprint density at radius 3 is 2.38 bits per heavy atom. The van der Waals surface area contributed by atoms with Crippen LogP contribution >= 0.6 is 0 Å². The van der Waals surface area contributed by atoms with Crippen molar-refractivity contribution in [2.45, 2.75) is 31.7 Å².